The lowest BCUT2D eigenvalue weighted by atomic mass is 9.71. The summed E-state index contributed by atoms with van der Waals surface area (Å²) in [4.78, 5) is 42.0. The van der Waals surface area contributed by atoms with Crippen LogP contribution in [0.3, 0.4) is 0 Å². The van der Waals surface area contributed by atoms with E-state index in [9.17, 15) is 22.8 Å². The fraction of sp³-hybridized carbons (Fsp3) is 0.600. The van der Waals surface area contributed by atoms with Crippen molar-refractivity contribution < 1.29 is 32.7 Å². The molecule has 0 atom stereocenters. The molecule has 172 valence electrons. The number of alkyl halides is 3. The highest BCUT2D eigenvalue weighted by atomic mass is 32.2. The van der Waals surface area contributed by atoms with Crippen molar-refractivity contribution in [1.82, 2.24) is 14.8 Å². The highest BCUT2D eigenvalue weighted by molar-refractivity contribution is 7.99. The van der Waals surface area contributed by atoms with Crippen LogP contribution in [-0.4, -0.2) is 75.5 Å². The Bertz CT molecular complexity index is 769. The first-order valence-electron chi connectivity index (χ1n) is 9.84. The number of carbonyl (C=O) groups excluding carboxylic acids is 2. The van der Waals surface area contributed by atoms with E-state index in [2.05, 4.69) is 4.98 Å². The second kappa shape index (κ2) is 10.8. The van der Waals surface area contributed by atoms with Crippen LogP contribution in [0.5, 0.6) is 0 Å². The van der Waals surface area contributed by atoms with Gasteiger partial charge in [0.05, 0.1) is 11.2 Å². The van der Waals surface area contributed by atoms with Crippen molar-refractivity contribution in [3.8, 4) is 0 Å². The summed E-state index contributed by atoms with van der Waals surface area (Å²) in [5.41, 5.74) is 0.879. The molecule has 2 saturated heterocycles. The van der Waals surface area contributed by atoms with Crippen LogP contribution in [0.25, 0.3) is 0 Å². The molecular weight excluding hydrogens is 435 g/mol. The van der Waals surface area contributed by atoms with Crippen LogP contribution < -0.4 is 0 Å². The monoisotopic (exact) mass is 461 g/mol. The van der Waals surface area contributed by atoms with E-state index in [0.717, 1.165) is 37.8 Å². The summed E-state index contributed by atoms with van der Waals surface area (Å²) in [6, 6.07) is 3.94. The Balaban J connectivity index is 0.000000423. The SMILES string of the molecule is CSCC(=O)N1CCC2(CCCN(Cc3ccncc3)C2=O)CC1.O=C(O)C(F)(F)F. The number of carbonyl (C=O) groups is 3. The van der Waals surface area contributed by atoms with Gasteiger partial charge in [-0.25, -0.2) is 4.79 Å². The number of thioether (sulfide) groups is 1. The molecule has 0 unspecified atom stereocenters. The summed E-state index contributed by atoms with van der Waals surface area (Å²) in [5.74, 6) is -1.74. The fourth-order valence-electron chi connectivity index (χ4n) is 3.87. The maximum Gasteiger partial charge on any atom is 0.490 e. The molecule has 2 aliphatic rings. The molecule has 0 saturated carbocycles. The minimum Gasteiger partial charge on any atom is -0.475 e. The van der Waals surface area contributed by atoms with Crippen molar-refractivity contribution in [1.29, 1.82) is 0 Å². The summed E-state index contributed by atoms with van der Waals surface area (Å²) < 4.78 is 31.7. The third kappa shape index (κ3) is 6.84. The zero-order valence-corrected chi connectivity index (χ0v) is 18.0. The molecule has 0 aromatic carbocycles. The molecular formula is C20H26F3N3O4S. The standard InChI is InChI=1S/C18H25N3O2S.C2HF3O2/c1-24-14-16(22)20-11-6-18(7-12-20)5-2-10-21(17(18)23)13-15-3-8-19-9-4-15;3-2(4,5)1(6)7/h3-4,8-9H,2,5-7,10-14H2,1H3;(H,6,7). The smallest absolute Gasteiger partial charge is 0.475 e. The molecule has 1 aromatic heterocycles. The highest BCUT2D eigenvalue weighted by Crippen LogP contribution is 2.41. The lowest BCUT2D eigenvalue weighted by Gasteiger charge is -2.46. The van der Waals surface area contributed by atoms with Crippen LogP contribution in [0.15, 0.2) is 24.5 Å². The predicted octanol–water partition coefficient (Wildman–Crippen LogP) is 2.81. The van der Waals surface area contributed by atoms with Gasteiger partial charge in [-0.15, -0.1) is 0 Å². The maximum atomic E-state index is 13.1. The maximum absolute atomic E-state index is 13.1. The molecule has 0 bridgehead atoms. The molecule has 1 N–H and O–H groups in total. The molecule has 0 radical (unpaired) electrons. The van der Waals surface area contributed by atoms with Crippen molar-refractivity contribution in [2.24, 2.45) is 5.41 Å². The minimum absolute atomic E-state index is 0.203. The number of nitrogens with zero attached hydrogens (tertiary/aromatic N) is 3. The number of carboxylic acid groups (broad SMARTS) is 1. The molecule has 1 spiro atoms. The van der Waals surface area contributed by atoms with Crippen LogP contribution in [0, 0.1) is 5.41 Å². The number of likely N-dealkylation sites (tertiary alicyclic amines) is 2. The van der Waals surface area contributed by atoms with E-state index in [1.807, 2.05) is 28.2 Å². The van der Waals surface area contributed by atoms with E-state index in [-0.39, 0.29) is 17.2 Å². The first-order valence-corrected chi connectivity index (χ1v) is 11.2. The summed E-state index contributed by atoms with van der Waals surface area (Å²) in [6.45, 7) is 2.93. The third-order valence-electron chi connectivity index (χ3n) is 5.53. The van der Waals surface area contributed by atoms with Gasteiger partial charge in [0.2, 0.25) is 11.8 Å². The van der Waals surface area contributed by atoms with Crippen molar-refractivity contribution in [2.75, 3.05) is 31.6 Å². The predicted molar refractivity (Wildman–Crippen MR) is 109 cm³/mol. The van der Waals surface area contributed by atoms with Gasteiger partial charge in [0.1, 0.15) is 0 Å². The van der Waals surface area contributed by atoms with Crippen molar-refractivity contribution in [3.63, 3.8) is 0 Å². The van der Waals surface area contributed by atoms with E-state index in [1.54, 1.807) is 24.2 Å². The average molecular weight is 462 g/mol. The Morgan fingerprint density at radius 1 is 1.16 bits per heavy atom. The number of amides is 2. The molecule has 2 fully saturated rings. The van der Waals surface area contributed by atoms with Gasteiger partial charge in [-0.3, -0.25) is 14.6 Å². The number of halogens is 3. The summed E-state index contributed by atoms with van der Waals surface area (Å²) in [5, 5.41) is 7.12. The van der Waals surface area contributed by atoms with E-state index in [0.29, 0.717) is 25.4 Å². The topological polar surface area (TPSA) is 90.8 Å². The molecule has 1 aromatic rings. The van der Waals surface area contributed by atoms with E-state index >= 15 is 0 Å². The van der Waals surface area contributed by atoms with Gasteiger partial charge in [0, 0.05) is 38.6 Å². The van der Waals surface area contributed by atoms with E-state index in [1.165, 1.54) is 0 Å². The van der Waals surface area contributed by atoms with Crippen LogP contribution in [0.2, 0.25) is 0 Å². The molecule has 0 aliphatic carbocycles. The Kier molecular flexibility index (Phi) is 8.72. The minimum atomic E-state index is -5.08. The average Bonchev–Trinajstić information content (AvgIpc) is 2.73. The lowest BCUT2D eigenvalue weighted by molar-refractivity contribution is -0.192. The van der Waals surface area contributed by atoms with E-state index in [4.69, 9.17) is 9.90 Å². The van der Waals surface area contributed by atoms with Crippen LogP contribution >= 0.6 is 11.8 Å². The first kappa shape index (κ1) is 25.0. The number of hydrogen-bond acceptors (Lipinski definition) is 5. The fourth-order valence-corrected chi connectivity index (χ4v) is 4.30. The van der Waals surface area contributed by atoms with Gasteiger partial charge < -0.3 is 14.9 Å². The number of rotatable bonds is 4. The summed E-state index contributed by atoms with van der Waals surface area (Å²) in [7, 11) is 0. The van der Waals surface area contributed by atoms with Crippen molar-refractivity contribution in [3.05, 3.63) is 30.1 Å². The van der Waals surface area contributed by atoms with Crippen LogP contribution in [0.4, 0.5) is 13.2 Å². The van der Waals surface area contributed by atoms with Gasteiger partial charge in [0.25, 0.3) is 0 Å². The third-order valence-corrected chi connectivity index (χ3v) is 6.07. The molecule has 31 heavy (non-hydrogen) atoms. The largest absolute Gasteiger partial charge is 0.490 e. The van der Waals surface area contributed by atoms with Crippen LogP contribution in [-0.2, 0) is 20.9 Å². The van der Waals surface area contributed by atoms with Gasteiger partial charge in [-0.2, -0.15) is 24.9 Å². The zero-order chi connectivity index (χ0) is 23.1. The number of carboxylic acids is 1. The van der Waals surface area contributed by atoms with Crippen molar-refractivity contribution in [2.45, 2.75) is 38.4 Å². The Labute approximate surface area is 183 Å². The second-order valence-corrected chi connectivity index (χ2v) is 8.45. The molecule has 11 heteroatoms. The quantitative estimate of drug-likeness (QED) is 0.742. The number of aromatic nitrogens is 1. The van der Waals surface area contributed by atoms with Gasteiger partial charge in [-0.1, -0.05) is 0 Å². The second-order valence-electron chi connectivity index (χ2n) is 7.58. The van der Waals surface area contributed by atoms with Crippen molar-refractivity contribution >= 4 is 29.5 Å². The molecule has 2 amide bonds. The summed E-state index contributed by atoms with van der Waals surface area (Å²) >= 11 is 1.56. The Morgan fingerprint density at radius 3 is 2.26 bits per heavy atom. The molecule has 3 rings (SSSR count). The molecule has 2 aliphatic heterocycles. The molecule has 7 nitrogen and oxygen atoms in total. The molecule has 3 heterocycles. The first-order chi connectivity index (χ1) is 14.6. The highest BCUT2D eigenvalue weighted by Gasteiger charge is 2.46. The number of piperidine rings is 2. The Hall–Kier alpha value is -2.30. The van der Waals surface area contributed by atoms with E-state index < -0.39 is 12.1 Å². The normalized spacial score (nSPS) is 18.4. The van der Waals surface area contributed by atoms with Gasteiger partial charge >= 0.3 is 12.1 Å². The zero-order valence-electron chi connectivity index (χ0n) is 17.2. The Morgan fingerprint density at radius 2 is 1.74 bits per heavy atom. The van der Waals surface area contributed by atoms with Crippen LogP contribution in [0.1, 0.15) is 31.2 Å². The number of pyridine rings is 1. The number of hydrogen-bond donors (Lipinski definition) is 1. The van der Waals surface area contributed by atoms with Gasteiger partial charge in [-0.05, 0) is 49.6 Å². The summed E-state index contributed by atoms with van der Waals surface area (Å²) in [6.07, 6.45) is 4.03. The van der Waals surface area contributed by atoms with Gasteiger partial charge in [0.15, 0.2) is 0 Å². The lowest BCUT2D eigenvalue weighted by Crippen LogP contribution is -2.54. The number of aliphatic carboxylic acids is 1.